The molecule has 144 valence electrons. The molecule has 0 aromatic heterocycles. The van der Waals surface area contributed by atoms with E-state index in [1.807, 2.05) is 32.0 Å². The molecular formula is C18H23F3N2O3. The summed E-state index contributed by atoms with van der Waals surface area (Å²) in [5, 5.41) is 11.8. The number of likely N-dealkylation sites (tertiary alicyclic amines) is 1. The largest absolute Gasteiger partial charge is 0.481 e. The Kier molecular flexibility index (Phi) is 6.28. The average molecular weight is 372 g/mol. The predicted molar refractivity (Wildman–Crippen MR) is 90.9 cm³/mol. The van der Waals surface area contributed by atoms with Gasteiger partial charge in [0.05, 0.1) is 18.4 Å². The number of amides is 1. The van der Waals surface area contributed by atoms with Gasteiger partial charge in [0.2, 0.25) is 5.91 Å². The van der Waals surface area contributed by atoms with Gasteiger partial charge in [-0.2, -0.15) is 13.2 Å². The lowest BCUT2D eigenvalue weighted by Gasteiger charge is -2.19. The molecule has 1 amide bonds. The summed E-state index contributed by atoms with van der Waals surface area (Å²) in [4.78, 5) is 24.7. The molecule has 1 aromatic rings. The maximum atomic E-state index is 13.0. The summed E-state index contributed by atoms with van der Waals surface area (Å²) < 4.78 is 39.1. The maximum absolute atomic E-state index is 13.0. The van der Waals surface area contributed by atoms with Crippen molar-refractivity contribution < 1.29 is 27.9 Å². The number of rotatable bonds is 6. The number of para-hydroxylation sites is 1. The van der Waals surface area contributed by atoms with Gasteiger partial charge in [-0.25, -0.2) is 0 Å². The molecule has 1 aromatic carbocycles. The monoisotopic (exact) mass is 372 g/mol. The first-order valence-corrected chi connectivity index (χ1v) is 8.59. The molecule has 1 aliphatic heterocycles. The van der Waals surface area contributed by atoms with Gasteiger partial charge in [0, 0.05) is 18.8 Å². The van der Waals surface area contributed by atoms with Crippen molar-refractivity contribution in [2.45, 2.75) is 32.9 Å². The summed E-state index contributed by atoms with van der Waals surface area (Å²) in [5.74, 6) is -5.42. The van der Waals surface area contributed by atoms with Crippen molar-refractivity contribution >= 4 is 17.6 Å². The molecular weight excluding hydrogens is 349 g/mol. The van der Waals surface area contributed by atoms with Crippen LogP contribution in [-0.2, 0) is 22.4 Å². The van der Waals surface area contributed by atoms with E-state index in [1.165, 1.54) is 4.90 Å². The smallest absolute Gasteiger partial charge is 0.393 e. The summed E-state index contributed by atoms with van der Waals surface area (Å²) in [5.41, 5.74) is 2.61. The maximum Gasteiger partial charge on any atom is 0.393 e. The molecule has 1 aliphatic rings. The Bertz CT molecular complexity index is 654. The fraction of sp³-hybridized carbons (Fsp3) is 0.556. The Labute approximate surface area is 150 Å². The molecule has 8 heteroatoms. The summed E-state index contributed by atoms with van der Waals surface area (Å²) in [6.07, 6.45) is -3.17. The fourth-order valence-corrected chi connectivity index (χ4v) is 3.38. The van der Waals surface area contributed by atoms with Crippen molar-refractivity contribution in [3.8, 4) is 0 Å². The van der Waals surface area contributed by atoms with Crippen molar-refractivity contribution in [2.75, 3.05) is 25.0 Å². The van der Waals surface area contributed by atoms with Crippen molar-refractivity contribution in [3.63, 3.8) is 0 Å². The minimum absolute atomic E-state index is 0.266. The van der Waals surface area contributed by atoms with Crippen molar-refractivity contribution in [1.82, 2.24) is 4.90 Å². The number of carbonyl (C=O) groups is 2. The van der Waals surface area contributed by atoms with Crippen LogP contribution in [0.5, 0.6) is 0 Å². The van der Waals surface area contributed by atoms with E-state index < -0.39 is 36.4 Å². The van der Waals surface area contributed by atoms with Gasteiger partial charge < -0.3 is 10.4 Å². The highest BCUT2D eigenvalue weighted by Gasteiger charge is 2.52. The van der Waals surface area contributed by atoms with Crippen LogP contribution in [0.3, 0.4) is 0 Å². The number of carboxylic acid groups (broad SMARTS) is 1. The van der Waals surface area contributed by atoms with Gasteiger partial charge >= 0.3 is 12.1 Å². The number of hydrogen-bond acceptors (Lipinski definition) is 3. The molecule has 0 aliphatic carbocycles. The zero-order valence-electron chi connectivity index (χ0n) is 14.8. The number of nitrogens with zero attached hydrogens (tertiary/aromatic N) is 1. The number of alkyl halides is 3. The zero-order chi connectivity index (χ0) is 19.5. The number of aliphatic carboxylic acids is 1. The highest BCUT2D eigenvalue weighted by molar-refractivity contribution is 5.94. The van der Waals surface area contributed by atoms with Crippen LogP contribution in [-0.4, -0.2) is 47.7 Å². The molecule has 0 saturated carbocycles. The number of anilines is 1. The lowest BCUT2D eigenvalue weighted by atomic mass is 9.96. The number of hydrogen-bond donors (Lipinski definition) is 2. The second-order valence-corrected chi connectivity index (χ2v) is 6.49. The minimum Gasteiger partial charge on any atom is -0.481 e. The van der Waals surface area contributed by atoms with E-state index in [-0.39, 0.29) is 13.1 Å². The number of carboxylic acids is 1. The molecule has 2 rings (SSSR count). The van der Waals surface area contributed by atoms with Crippen molar-refractivity contribution in [2.24, 2.45) is 11.8 Å². The number of nitrogens with one attached hydrogen (secondary N) is 1. The third-order valence-electron chi connectivity index (χ3n) is 4.76. The molecule has 2 N–H and O–H groups in total. The molecule has 0 radical (unpaired) electrons. The Balaban J connectivity index is 2.08. The average Bonchev–Trinajstić information content (AvgIpc) is 2.99. The van der Waals surface area contributed by atoms with E-state index in [0.29, 0.717) is 18.5 Å². The summed E-state index contributed by atoms with van der Waals surface area (Å²) >= 11 is 0. The van der Waals surface area contributed by atoms with Crippen LogP contribution in [0.4, 0.5) is 18.9 Å². The van der Waals surface area contributed by atoms with Crippen LogP contribution < -0.4 is 5.32 Å². The van der Waals surface area contributed by atoms with Crippen LogP contribution in [0.2, 0.25) is 0 Å². The van der Waals surface area contributed by atoms with E-state index in [1.54, 1.807) is 0 Å². The van der Waals surface area contributed by atoms with E-state index in [4.69, 9.17) is 5.11 Å². The Morgan fingerprint density at radius 1 is 1.19 bits per heavy atom. The van der Waals surface area contributed by atoms with Gasteiger partial charge in [-0.1, -0.05) is 32.0 Å². The van der Waals surface area contributed by atoms with Gasteiger partial charge in [0.15, 0.2) is 0 Å². The normalized spacial score (nSPS) is 21.0. The Morgan fingerprint density at radius 2 is 1.77 bits per heavy atom. The highest BCUT2D eigenvalue weighted by Crippen LogP contribution is 2.37. The third-order valence-corrected chi connectivity index (χ3v) is 4.76. The molecule has 5 nitrogen and oxygen atoms in total. The van der Waals surface area contributed by atoms with E-state index in [0.717, 1.165) is 11.1 Å². The lowest BCUT2D eigenvalue weighted by molar-refractivity contribution is -0.188. The topological polar surface area (TPSA) is 69.6 Å². The molecule has 1 saturated heterocycles. The van der Waals surface area contributed by atoms with E-state index in [9.17, 15) is 22.8 Å². The second kappa shape index (κ2) is 8.07. The van der Waals surface area contributed by atoms with Crippen LogP contribution >= 0.6 is 0 Å². The first-order valence-electron chi connectivity index (χ1n) is 8.59. The van der Waals surface area contributed by atoms with E-state index in [2.05, 4.69) is 5.32 Å². The first-order chi connectivity index (χ1) is 12.2. The van der Waals surface area contributed by atoms with E-state index >= 15 is 0 Å². The summed E-state index contributed by atoms with van der Waals surface area (Å²) in [6, 6.07) is 5.69. The molecule has 1 heterocycles. The molecule has 26 heavy (non-hydrogen) atoms. The van der Waals surface area contributed by atoms with Crippen molar-refractivity contribution in [1.29, 1.82) is 0 Å². The Morgan fingerprint density at radius 3 is 2.19 bits per heavy atom. The quantitative estimate of drug-likeness (QED) is 0.806. The second-order valence-electron chi connectivity index (χ2n) is 6.49. The Hall–Kier alpha value is -2.09. The zero-order valence-corrected chi connectivity index (χ0v) is 14.8. The number of aryl methyl sites for hydroxylation is 2. The van der Waals surface area contributed by atoms with Gasteiger partial charge in [-0.15, -0.1) is 0 Å². The summed E-state index contributed by atoms with van der Waals surface area (Å²) in [6.45, 7) is 2.87. The summed E-state index contributed by atoms with van der Waals surface area (Å²) in [7, 11) is 0. The van der Waals surface area contributed by atoms with Crippen LogP contribution in [0.1, 0.15) is 25.0 Å². The highest BCUT2D eigenvalue weighted by atomic mass is 19.4. The number of benzene rings is 1. The predicted octanol–water partition coefficient (Wildman–Crippen LogP) is 2.94. The minimum atomic E-state index is -4.60. The molecule has 2 atom stereocenters. The molecule has 0 unspecified atom stereocenters. The first kappa shape index (κ1) is 20.2. The van der Waals surface area contributed by atoms with Crippen LogP contribution in [0.25, 0.3) is 0 Å². The van der Waals surface area contributed by atoms with Gasteiger partial charge in [0.25, 0.3) is 0 Å². The fourth-order valence-electron chi connectivity index (χ4n) is 3.38. The lowest BCUT2D eigenvalue weighted by Crippen LogP contribution is -2.34. The van der Waals surface area contributed by atoms with Gasteiger partial charge in [-0.05, 0) is 24.0 Å². The molecule has 0 bridgehead atoms. The molecule has 1 fully saturated rings. The van der Waals surface area contributed by atoms with Crippen LogP contribution in [0.15, 0.2) is 18.2 Å². The van der Waals surface area contributed by atoms with Crippen molar-refractivity contribution in [3.05, 3.63) is 29.3 Å². The SMILES string of the molecule is CCc1cccc(CC)c1NC(=O)CN1C[C@@H](C(F)(F)F)[C@H](C(=O)O)C1. The standard InChI is InChI=1S/C18H23F3N2O3/c1-3-11-6-5-7-12(4-2)16(11)22-15(24)10-23-8-13(17(25)26)14(9-23)18(19,20)21/h5-7,13-14H,3-4,8-10H2,1-2H3,(H,22,24)(H,25,26)/t13-,14-/m1/s1. The molecule has 0 spiro atoms. The van der Waals surface area contributed by atoms with Gasteiger partial charge in [0.1, 0.15) is 0 Å². The van der Waals surface area contributed by atoms with Gasteiger partial charge in [-0.3, -0.25) is 14.5 Å². The number of halogens is 3. The third kappa shape index (κ3) is 4.55. The number of carbonyl (C=O) groups excluding carboxylic acids is 1. The van der Waals surface area contributed by atoms with Crippen LogP contribution in [0, 0.1) is 11.8 Å².